The predicted molar refractivity (Wildman–Crippen MR) is 110 cm³/mol. The van der Waals surface area contributed by atoms with E-state index in [1.807, 2.05) is 32.3 Å². The zero-order valence-corrected chi connectivity index (χ0v) is 16.6. The minimum Gasteiger partial charge on any atom is -0.330 e. The molecule has 1 aliphatic heterocycles. The number of carbonyl (C=O) groups is 2. The van der Waals surface area contributed by atoms with Gasteiger partial charge < -0.3 is 19.7 Å². The minimum absolute atomic E-state index is 0.407. The van der Waals surface area contributed by atoms with E-state index in [1.54, 1.807) is 29.6 Å². The number of carbonyl (C=O) groups excluding carboxylic acids is 2. The molecule has 0 saturated carbocycles. The van der Waals surface area contributed by atoms with Crippen LogP contribution >= 0.6 is 0 Å². The number of anilines is 1. The fraction of sp³-hybridized carbons (Fsp3) is 0.333. The monoisotopic (exact) mass is 392 g/mol. The first kappa shape index (κ1) is 19.1. The lowest BCUT2D eigenvalue weighted by molar-refractivity contribution is -0.143. The minimum atomic E-state index is -0.635. The smallest absolute Gasteiger partial charge is 0.313 e. The van der Waals surface area contributed by atoms with Crippen LogP contribution in [0.25, 0.3) is 11.0 Å². The van der Waals surface area contributed by atoms with Gasteiger partial charge in [0.2, 0.25) is 0 Å². The highest BCUT2D eigenvalue weighted by molar-refractivity contribution is 6.39. The predicted octanol–water partition coefficient (Wildman–Crippen LogP) is 1.52. The fourth-order valence-electron chi connectivity index (χ4n) is 3.49. The Morgan fingerprint density at radius 3 is 2.90 bits per heavy atom. The van der Waals surface area contributed by atoms with Crippen molar-refractivity contribution in [1.29, 1.82) is 0 Å². The molecule has 0 bridgehead atoms. The number of imidazole rings is 1. The molecule has 29 heavy (non-hydrogen) atoms. The van der Waals surface area contributed by atoms with Gasteiger partial charge in [-0.05, 0) is 43.9 Å². The molecule has 3 aromatic rings. The van der Waals surface area contributed by atoms with Crippen LogP contribution in [0.15, 0.2) is 42.9 Å². The normalized spacial score (nSPS) is 13.6. The topological polar surface area (TPSA) is 83.4 Å². The van der Waals surface area contributed by atoms with Gasteiger partial charge in [0.05, 0.1) is 17.4 Å². The molecule has 0 radical (unpaired) electrons. The first-order valence-electron chi connectivity index (χ1n) is 9.64. The van der Waals surface area contributed by atoms with Crippen molar-refractivity contribution in [3.8, 4) is 0 Å². The number of amides is 2. The first-order valence-corrected chi connectivity index (χ1v) is 9.64. The number of nitrogens with one attached hydrogen (secondary N) is 1. The van der Waals surface area contributed by atoms with Crippen molar-refractivity contribution in [2.45, 2.75) is 19.5 Å². The van der Waals surface area contributed by atoms with E-state index >= 15 is 0 Å². The molecular formula is C21H24N6O2. The molecule has 0 fully saturated rings. The third-order valence-electron chi connectivity index (χ3n) is 5.11. The van der Waals surface area contributed by atoms with Gasteiger partial charge in [-0.25, -0.2) is 4.98 Å². The quantitative estimate of drug-likeness (QED) is 0.681. The SMILES string of the molecule is CN(C)CCn1cnc2cc(NC(=O)C(=O)N3CCc4ncccc4C3)ccc21. The molecule has 0 atom stereocenters. The summed E-state index contributed by atoms with van der Waals surface area (Å²) in [4.78, 5) is 37.5. The maximum atomic E-state index is 12.6. The second kappa shape index (κ2) is 8.00. The Morgan fingerprint density at radius 2 is 2.07 bits per heavy atom. The van der Waals surface area contributed by atoms with Crippen LogP contribution in [0.5, 0.6) is 0 Å². The largest absolute Gasteiger partial charge is 0.330 e. The summed E-state index contributed by atoms with van der Waals surface area (Å²) in [7, 11) is 4.06. The number of likely N-dealkylation sites (N-methyl/N-ethyl adjacent to an activating group) is 1. The van der Waals surface area contributed by atoms with Crippen molar-refractivity contribution in [1.82, 2.24) is 24.3 Å². The van der Waals surface area contributed by atoms with Gasteiger partial charge in [0, 0.05) is 50.2 Å². The van der Waals surface area contributed by atoms with Gasteiger partial charge in [-0.1, -0.05) is 6.07 Å². The maximum absolute atomic E-state index is 12.6. The Balaban J connectivity index is 1.43. The lowest BCUT2D eigenvalue weighted by Gasteiger charge is -2.27. The Hall–Kier alpha value is -3.26. The number of hydrogen-bond donors (Lipinski definition) is 1. The number of fused-ring (bicyclic) bond motifs is 2. The summed E-state index contributed by atoms with van der Waals surface area (Å²) in [6.45, 7) is 2.64. The molecule has 0 unspecified atom stereocenters. The summed E-state index contributed by atoms with van der Waals surface area (Å²) in [5.74, 6) is -1.17. The van der Waals surface area contributed by atoms with Crippen LogP contribution in [0.1, 0.15) is 11.3 Å². The number of aromatic nitrogens is 3. The zero-order valence-electron chi connectivity index (χ0n) is 16.6. The van der Waals surface area contributed by atoms with Crippen molar-refractivity contribution in [3.63, 3.8) is 0 Å². The average Bonchev–Trinajstić information content (AvgIpc) is 3.13. The Kier molecular flexibility index (Phi) is 5.26. The molecule has 0 saturated heterocycles. The summed E-state index contributed by atoms with van der Waals surface area (Å²) in [5.41, 5.74) is 4.33. The molecule has 1 aliphatic rings. The van der Waals surface area contributed by atoms with Crippen molar-refractivity contribution < 1.29 is 9.59 Å². The molecule has 1 aromatic carbocycles. The van der Waals surface area contributed by atoms with Gasteiger partial charge in [-0.3, -0.25) is 14.6 Å². The van der Waals surface area contributed by atoms with E-state index in [-0.39, 0.29) is 0 Å². The zero-order chi connectivity index (χ0) is 20.4. The van der Waals surface area contributed by atoms with Crippen molar-refractivity contribution in [3.05, 3.63) is 54.1 Å². The summed E-state index contributed by atoms with van der Waals surface area (Å²) < 4.78 is 2.07. The summed E-state index contributed by atoms with van der Waals surface area (Å²) >= 11 is 0. The van der Waals surface area contributed by atoms with Crippen LogP contribution in [-0.2, 0) is 29.1 Å². The Bertz CT molecular complexity index is 1060. The third kappa shape index (κ3) is 4.12. The summed E-state index contributed by atoms with van der Waals surface area (Å²) in [6, 6.07) is 9.31. The number of hydrogen-bond acceptors (Lipinski definition) is 5. The molecule has 8 nitrogen and oxygen atoms in total. The van der Waals surface area contributed by atoms with E-state index in [4.69, 9.17) is 0 Å². The molecule has 2 aromatic heterocycles. The van der Waals surface area contributed by atoms with Crippen LogP contribution in [0, 0.1) is 0 Å². The van der Waals surface area contributed by atoms with Gasteiger partial charge >= 0.3 is 11.8 Å². The average molecular weight is 392 g/mol. The van der Waals surface area contributed by atoms with Gasteiger partial charge in [-0.2, -0.15) is 0 Å². The van der Waals surface area contributed by atoms with Crippen molar-refractivity contribution >= 4 is 28.5 Å². The lowest BCUT2D eigenvalue weighted by Crippen LogP contribution is -2.42. The van der Waals surface area contributed by atoms with Crippen LogP contribution in [-0.4, -0.2) is 63.3 Å². The van der Waals surface area contributed by atoms with Crippen molar-refractivity contribution in [2.24, 2.45) is 0 Å². The highest BCUT2D eigenvalue weighted by Gasteiger charge is 2.26. The molecule has 4 rings (SSSR count). The number of rotatable bonds is 4. The lowest BCUT2D eigenvalue weighted by atomic mass is 10.1. The highest BCUT2D eigenvalue weighted by Crippen LogP contribution is 2.20. The highest BCUT2D eigenvalue weighted by atomic mass is 16.2. The van der Waals surface area contributed by atoms with Crippen LogP contribution in [0.4, 0.5) is 5.69 Å². The van der Waals surface area contributed by atoms with E-state index in [2.05, 4.69) is 24.8 Å². The second-order valence-electron chi connectivity index (χ2n) is 7.48. The molecule has 1 N–H and O–H groups in total. The number of benzene rings is 1. The molecule has 8 heteroatoms. The maximum Gasteiger partial charge on any atom is 0.313 e. The second-order valence-corrected chi connectivity index (χ2v) is 7.48. The van der Waals surface area contributed by atoms with E-state index in [0.717, 1.165) is 35.4 Å². The summed E-state index contributed by atoms with van der Waals surface area (Å²) in [5, 5.41) is 2.71. The van der Waals surface area contributed by atoms with E-state index in [9.17, 15) is 9.59 Å². The molecule has 0 aliphatic carbocycles. The van der Waals surface area contributed by atoms with E-state index in [1.165, 1.54) is 0 Å². The van der Waals surface area contributed by atoms with Crippen LogP contribution in [0.3, 0.4) is 0 Å². The van der Waals surface area contributed by atoms with Gasteiger partial charge in [0.15, 0.2) is 0 Å². The molecule has 0 spiro atoms. The molecular weight excluding hydrogens is 368 g/mol. The Morgan fingerprint density at radius 1 is 1.21 bits per heavy atom. The van der Waals surface area contributed by atoms with Gasteiger partial charge in [0.1, 0.15) is 0 Å². The fourth-order valence-corrected chi connectivity index (χ4v) is 3.49. The van der Waals surface area contributed by atoms with Crippen LogP contribution in [0.2, 0.25) is 0 Å². The molecule has 2 amide bonds. The van der Waals surface area contributed by atoms with E-state index < -0.39 is 11.8 Å². The van der Waals surface area contributed by atoms with Gasteiger partial charge in [0.25, 0.3) is 0 Å². The van der Waals surface area contributed by atoms with Crippen molar-refractivity contribution in [2.75, 3.05) is 32.5 Å². The molecule has 150 valence electrons. The standard InChI is InChI=1S/C21H24N6O2/c1-25(2)10-11-27-14-23-18-12-16(5-6-19(18)27)24-20(28)21(29)26-9-7-17-15(13-26)4-3-8-22-17/h3-6,8,12,14H,7,9-11,13H2,1-2H3,(H,24,28). The third-order valence-corrected chi connectivity index (χ3v) is 5.11. The summed E-state index contributed by atoms with van der Waals surface area (Å²) in [6.07, 6.45) is 4.21. The first-order chi connectivity index (χ1) is 14.0. The van der Waals surface area contributed by atoms with Gasteiger partial charge in [-0.15, -0.1) is 0 Å². The Labute approximate surface area is 169 Å². The van der Waals surface area contributed by atoms with E-state index in [0.29, 0.717) is 25.2 Å². The molecule has 3 heterocycles. The van der Waals surface area contributed by atoms with Crippen LogP contribution < -0.4 is 5.32 Å². The number of pyridine rings is 1. The number of nitrogens with zero attached hydrogens (tertiary/aromatic N) is 5.